The molecule has 0 radical (unpaired) electrons. The monoisotopic (exact) mass is 348 g/mol. The van der Waals surface area contributed by atoms with Crippen LogP contribution in [-0.2, 0) is 6.54 Å². The number of furan rings is 1. The third-order valence-electron chi connectivity index (χ3n) is 4.42. The molecule has 0 unspecified atom stereocenters. The Bertz CT molecular complexity index is 1050. The Balaban J connectivity index is 1.85. The van der Waals surface area contributed by atoms with E-state index in [-0.39, 0.29) is 0 Å². The molecule has 0 saturated carbocycles. The number of hydrogen-bond acceptors (Lipinski definition) is 4. The van der Waals surface area contributed by atoms with Crippen molar-refractivity contribution in [2.45, 2.75) is 13.5 Å². The Morgan fingerprint density at radius 3 is 2.31 bits per heavy atom. The number of imidazole rings is 1. The van der Waals surface area contributed by atoms with E-state index in [2.05, 4.69) is 16.7 Å². The van der Waals surface area contributed by atoms with Gasteiger partial charge in [0.2, 0.25) is 0 Å². The maximum Gasteiger partial charge on any atom is 0.177 e. The van der Waals surface area contributed by atoms with Gasteiger partial charge in [0.25, 0.3) is 0 Å². The normalized spacial score (nSPS) is 11.0. The zero-order chi connectivity index (χ0) is 18.1. The Morgan fingerprint density at radius 2 is 1.65 bits per heavy atom. The van der Waals surface area contributed by atoms with Gasteiger partial charge in [-0.05, 0) is 48.9 Å². The minimum absolute atomic E-state index is 0.669. The molecular weight excluding hydrogens is 328 g/mol. The topological polar surface area (TPSA) is 49.4 Å². The van der Waals surface area contributed by atoms with Crippen LogP contribution in [-0.4, -0.2) is 23.8 Å². The lowest BCUT2D eigenvalue weighted by atomic mass is 10.2. The van der Waals surface area contributed by atoms with Gasteiger partial charge in [-0.3, -0.25) is 0 Å². The highest BCUT2D eigenvalue weighted by atomic mass is 16.5. The number of aryl methyl sites for hydroxylation is 1. The first kappa shape index (κ1) is 16.3. The van der Waals surface area contributed by atoms with Gasteiger partial charge in [0.15, 0.2) is 11.6 Å². The molecule has 4 rings (SSSR count). The molecule has 2 aromatic carbocycles. The highest BCUT2D eigenvalue weighted by molar-refractivity contribution is 5.81. The van der Waals surface area contributed by atoms with Crippen LogP contribution in [0.4, 0.5) is 0 Å². The first-order valence-electron chi connectivity index (χ1n) is 8.42. The van der Waals surface area contributed by atoms with Crippen LogP contribution in [0.15, 0.2) is 59.0 Å². The lowest BCUT2D eigenvalue weighted by Crippen LogP contribution is -2.02. The molecule has 0 amide bonds. The van der Waals surface area contributed by atoms with Crippen molar-refractivity contribution < 1.29 is 13.9 Å². The maximum absolute atomic E-state index is 5.84. The van der Waals surface area contributed by atoms with Gasteiger partial charge in [-0.25, -0.2) is 4.98 Å². The molecule has 132 valence electrons. The predicted octanol–water partition coefficient (Wildman–Crippen LogP) is 4.67. The number of nitrogens with zero attached hydrogens (tertiary/aromatic N) is 2. The standard InChI is InChI=1S/C21H20N2O3/c1-14-4-11-20(26-14)21-22-18-10-9-17(25-3)12-19(18)23(21)13-15-5-7-16(24-2)8-6-15/h4-12H,13H2,1-3H3. The summed E-state index contributed by atoms with van der Waals surface area (Å²) in [5.41, 5.74) is 3.06. The molecule has 0 bridgehead atoms. The molecule has 0 saturated heterocycles. The van der Waals surface area contributed by atoms with Gasteiger partial charge in [-0.1, -0.05) is 12.1 Å². The molecule has 5 nitrogen and oxygen atoms in total. The number of aromatic nitrogens is 2. The van der Waals surface area contributed by atoms with E-state index >= 15 is 0 Å². The van der Waals surface area contributed by atoms with Crippen LogP contribution in [0.2, 0.25) is 0 Å². The first-order chi connectivity index (χ1) is 12.7. The third-order valence-corrected chi connectivity index (χ3v) is 4.42. The molecule has 26 heavy (non-hydrogen) atoms. The molecule has 0 aliphatic rings. The number of fused-ring (bicyclic) bond motifs is 1. The van der Waals surface area contributed by atoms with Gasteiger partial charge in [0, 0.05) is 12.6 Å². The van der Waals surface area contributed by atoms with Crippen molar-refractivity contribution in [3.8, 4) is 23.1 Å². The van der Waals surface area contributed by atoms with E-state index in [0.29, 0.717) is 6.54 Å². The summed E-state index contributed by atoms with van der Waals surface area (Å²) in [5.74, 6) is 4.06. The smallest absolute Gasteiger partial charge is 0.177 e. The van der Waals surface area contributed by atoms with Crippen molar-refractivity contribution in [3.05, 3.63) is 65.9 Å². The highest BCUT2D eigenvalue weighted by Gasteiger charge is 2.16. The minimum Gasteiger partial charge on any atom is -0.497 e. The van der Waals surface area contributed by atoms with E-state index < -0.39 is 0 Å². The minimum atomic E-state index is 0.669. The Labute approximate surface area is 151 Å². The second-order valence-corrected chi connectivity index (χ2v) is 6.13. The van der Waals surface area contributed by atoms with Crippen LogP contribution in [0.5, 0.6) is 11.5 Å². The number of ether oxygens (including phenoxy) is 2. The largest absolute Gasteiger partial charge is 0.497 e. The average molecular weight is 348 g/mol. The van der Waals surface area contributed by atoms with Crippen LogP contribution in [0.3, 0.4) is 0 Å². The zero-order valence-corrected chi connectivity index (χ0v) is 15.0. The van der Waals surface area contributed by atoms with Crippen LogP contribution < -0.4 is 9.47 Å². The fraction of sp³-hybridized carbons (Fsp3) is 0.190. The van der Waals surface area contributed by atoms with Crippen molar-refractivity contribution in [2.75, 3.05) is 14.2 Å². The Kier molecular flexibility index (Phi) is 4.13. The van der Waals surface area contributed by atoms with Gasteiger partial charge < -0.3 is 18.5 Å². The second-order valence-electron chi connectivity index (χ2n) is 6.13. The molecule has 0 spiro atoms. The summed E-state index contributed by atoms with van der Waals surface area (Å²) in [5, 5.41) is 0. The quantitative estimate of drug-likeness (QED) is 0.526. The number of methoxy groups -OCH3 is 2. The van der Waals surface area contributed by atoms with Crippen molar-refractivity contribution in [1.82, 2.24) is 9.55 Å². The van der Waals surface area contributed by atoms with Gasteiger partial charge >= 0.3 is 0 Å². The summed E-state index contributed by atoms with van der Waals surface area (Å²) in [7, 11) is 3.34. The van der Waals surface area contributed by atoms with Gasteiger partial charge in [-0.15, -0.1) is 0 Å². The van der Waals surface area contributed by atoms with Gasteiger partial charge in [0.05, 0.1) is 25.3 Å². The molecule has 0 atom stereocenters. The summed E-state index contributed by atoms with van der Waals surface area (Å²) >= 11 is 0. The fourth-order valence-electron chi connectivity index (χ4n) is 3.05. The van der Waals surface area contributed by atoms with E-state index in [0.717, 1.165) is 45.4 Å². The van der Waals surface area contributed by atoms with E-state index in [1.165, 1.54) is 0 Å². The highest BCUT2D eigenvalue weighted by Crippen LogP contribution is 2.29. The molecule has 5 heteroatoms. The molecular formula is C21H20N2O3. The van der Waals surface area contributed by atoms with E-state index in [9.17, 15) is 0 Å². The Morgan fingerprint density at radius 1 is 0.923 bits per heavy atom. The van der Waals surface area contributed by atoms with Gasteiger partial charge in [0.1, 0.15) is 17.3 Å². The van der Waals surface area contributed by atoms with Gasteiger partial charge in [-0.2, -0.15) is 0 Å². The second kappa shape index (κ2) is 6.59. The molecule has 0 aliphatic carbocycles. The van der Waals surface area contributed by atoms with Crippen LogP contribution in [0, 0.1) is 6.92 Å². The lowest BCUT2D eigenvalue weighted by molar-refractivity contribution is 0.414. The lowest BCUT2D eigenvalue weighted by Gasteiger charge is -2.09. The predicted molar refractivity (Wildman–Crippen MR) is 101 cm³/mol. The van der Waals surface area contributed by atoms with Crippen molar-refractivity contribution in [2.24, 2.45) is 0 Å². The average Bonchev–Trinajstić information content (AvgIpc) is 3.25. The molecule has 2 heterocycles. The van der Waals surface area contributed by atoms with Crippen LogP contribution >= 0.6 is 0 Å². The first-order valence-corrected chi connectivity index (χ1v) is 8.42. The zero-order valence-electron chi connectivity index (χ0n) is 15.0. The summed E-state index contributed by atoms with van der Waals surface area (Å²) in [6.45, 7) is 2.60. The summed E-state index contributed by atoms with van der Waals surface area (Å²) in [6, 6.07) is 17.8. The van der Waals surface area contributed by atoms with Crippen molar-refractivity contribution >= 4 is 11.0 Å². The summed E-state index contributed by atoms with van der Waals surface area (Å²) in [4.78, 5) is 4.79. The summed E-state index contributed by atoms with van der Waals surface area (Å²) < 4.78 is 18.6. The fourth-order valence-corrected chi connectivity index (χ4v) is 3.05. The van der Waals surface area contributed by atoms with Crippen molar-refractivity contribution in [3.63, 3.8) is 0 Å². The Hall–Kier alpha value is -3.21. The van der Waals surface area contributed by atoms with E-state index in [4.69, 9.17) is 18.9 Å². The number of hydrogen-bond donors (Lipinski definition) is 0. The summed E-state index contributed by atoms with van der Waals surface area (Å²) in [6.07, 6.45) is 0. The van der Waals surface area contributed by atoms with Crippen LogP contribution in [0.25, 0.3) is 22.6 Å². The molecule has 0 fully saturated rings. The SMILES string of the molecule is COc1ccc(Cn2c(-c3ccc(C)o3)nc3ccc(OC)cc32)cc1. The number of benzene rings is 2. The molecule has 2 aromatic heterocycles. The molecule has 4 aromatic rings. The van der Waals surface area contributed by atoms with Crippen LogP contribution in [0.1, 0.15) is 11.3 Å². The molecule has 0 N–H and O–H groups in total. The van der Waals surface area contributed by atoms with E-state index in [1.807, 2.05) is 49.4 Å². The molecule has 0 aliphatic heterocycles. The van der Waals surface area contributed by atoms with E-state index in [1.54, 1.807) is 14.2 Å². The third kappa shape index (κ3) is 2.92. The van der Waals surface area contributed by atoms with Crippen molar-refractivity contribution in [1.29, 1.82) is 0 Å². The maximum atomic E-state index is 5.84. The number of rotatable bonds is 5.